The van der Waals surface area contributed by atoms with Gasteiger partial charge in [-0.3, -0.25) is 4.79 Å². The molecule has 6 heteroatoms. The minimum absolute atomic E-state index is 0.0872. The summed E-state index contributed by atoms with van der Waals surface area (Å²) in [5.74, 6) is -0.753. The number of aliphatic carboxylic acids is 1. The van der Waals surface area contributed by atoms with Gasteiger partial charge < -0.3 is 15.7 Å². The Balaban J connectivity index is 1.99. The molecule has 0 radical (unpaired) electrons. The second-order valence-corrected chi connectivity index (χ2v) is 6.45. The maximum atomic E-state index is 11.7. The normalized spacial score (nSPS) is 22.2. The monoisotopic (exact) mass is 302 g/mol. The van der Waals surface area contributed by atoms with E-state index in [-0.39, 0.29) is 12.5 Å². The van der Waals surface area contributed by atoms with E-state index in [0.29, 0.717) is 19.0 Å². The lowest BCUT2D eigenvalue weighted by molar-refractivity contribution is -0.137. The Bertz CT molecular complexity index is 305. The molecule has 0 atom stereocenters. The van der Waals surface area contributed by atoms with Crippen molar-refractivity contribution in [2.75, 3.05) is 12.8 Å². The van der Waals surface area contributed by atoms with Crippen molar-refractivity contribution in [1.29, 1.82) is 0 Å². The van der Waals surface area contributed by atoms with E-state index in [9.17, 15) is 9.59 Å². The molecule has 0 unspecified atom stereocenters. The molecule has 5 nitrogen and oxygen atoms in total. The van der Waals surface area contributed by atoms with Gasteiger partial charge in [-0.2, -0.15) is 11.8 Å². The van der Waals surface area contributed by atoms with E-state index < -0.39 is 5.97 Å². The number of rotatable bonds is 8. The van der Waals surface area contributed by atoms with Crippen LogP contribution in [0.15, 0.2) is 0 Å². The van der Waals surface area contributed by atoms with Gasteiger partial charge in [0.05, 0.1) is 0 Å². The molecule has 0 aromatic rings. The highest BCUT2D eigenvalue weighted by molar-refractivity contribution is 7.99. The summed E-state index contributed by atoms with van der Waals surface area (Å²) in [5, 5.41) is 15.1. The Kier molecular flexibility index (Phi) is 8.49. The highest BCUT2D eigenvalue weighted by atomic mass is 32.2. The van der Waals surface area contributed by atoms with Gasteiger partial charge >= 0.3 is 12.0 Å². The maximum absolute atomic E-state index is 11.7. The van der Waals surface area contributed by atoms with Crippen LogP contribution in [0, 0.1) is 0 Å². The number of hydrogen-bond acceptors (Lipinski definition) is 3. The SMILES string of the molecule is CSC1CCC(NC(=O)NCCCCCC(=O)O)CC1. The molecular formula is C14H26N2O3S. The molecule has 1 fully saturated rings. The van der Waals surface area contributed by atoms with Crippen LogP contribution in [-0.2, 0) is 4.79 Å². The lowest BCUT2D eigenvalue weighted by Crippen LogP contribution is -2.44. The van der Waals surface area contributed by atoms with Gasteiger partial charge in [0.25, 0.3) is 0 Å². The maximum Gasteiger partial charge on any atom is 0.315 e. The molecule has 0 heterocycles. The van der Waals surface area contributed by atoms with Crippen molar-refractivity contribution >= 4 is 23.8 Å². The average molecular weight is 302 g/mol. The second kappa shape index (κ2) is 9.91. The molecule has 1 saturated carbocycles. The van der Waals surface area contributed by atoms with Gasteiger partial charge in [-0.05, 0) is 44.8 Å². The Labute approximate surface area is 125 Å². The third-order valence-electron chi connectivity index (χ3n) is 3.70. The van der Waals surface area contributed by atoms with E-state index in [1.54, 1.807) is 0 Å². The highest BCUT2D eigenvalue weighted by Gasteiger charge is 2.21. The number of thioether (sulfide) groups is 1. The number of nitrogens with one attached hydrogen (secondary N) is 2. The minimum Gasteiger partial charge on any atom is -0.481 e. The zero-order valence-electron chi connectivity index (χ0n) is 12.2. The summed E-state index contributed by atoms with van der Waals surface area (Å²) in [6.45, 7) is 0.617. The van der Waals surface area contributed by atoms with Crippen molar-refractivity contribution in [3.63, 3.8) is 0 Å². The second-order valence-electron chi connectivity index (χ2n) is 5.31. The number of carbonyl (C=O) groups is 2. The Morgan fingerprint density at radius 3 is 2.45 bits per heavy atom. The van der Waals surface area contributed by atoms with Crippen LogP contribution in [-0.4, -0.2) is 41.2 Å². The van der Waals surface area contributed by atoms with Crippen LogP contribution >= 0.6 is 11.8 Å². The van der Waals surface area contributed by atoms with Crippen LogP contribution in [0.3, 0.4) is 0 Å². The summed E-state index contributed by atoms with van der Waals surface area (Å²) in [7, 11) is 0. The Morgan fingerprint density at radius 2 is 1.85 bits per heavy atom. The lowest BCUT2D eigenvalue weighted by atomic mass is 9.95. The van der Waals surface area contributed by atoms with Gasteiger partial charge in [0, 0.05) is 24.3 Å². The van der Waals surface area contributed by atoms with Crippen LogP contribution in [0.4, 0.5) is 4.79 Å². The van der Waals surface area contributed by atoms with Crippen LogP contribution < -0.4 is 10.6 Å². The zero-order valence-corrected chi connectivity index (χ0v) is 13.0. The predicted molar refractivity (Wildman–Crippen MR) is 82.2 cm³/mol. The van der Waals surface area contributed by atoms with Crippen molar-refractivity contribution in [3.8, 4) is 0 Å². The molecule has 0 bridgehead atoms. The quantitative estimate of drug-likeness (QED) is 0.602. The summed E-state index contributed by atoms with van der Waals surface area (Å²) >= 11 is 1.92. The molecule has 0 aromatic heterocycles. The molecule has 1 aliphatic carbocycles. The third kappa shape index (κ3) is 7.62. The van der Waals surface area contributed by atoms with Crippen molar-refractivity contribution in [2.45, 2.75) is 62.7 Å². The number of hydrogen-bond donors (Lipinski definition) is 3. The van der Waals surface area contributed by atoms with E-state index in [0.717, 1.165) is 30.9 Å². The molecule has 116 valence electrons. The largest absolute Gasteiger partial charge is 0.481 e. The van der Waals surface area contributed by atoms with E-state index in [1.165, 1.54) is 12.8 Å². The van der Waals surface area contributed by atoms with Crippen molar-refractivity contribution in [1.82, 2.24) is 10.6 Å². The molecule has 1 aliphatic rings. The predicted octanol–water partition coefficient (Wildman–Crippen LogP) is 2.60. The van der Waals surface area contributed by atoms with Crippen molar-refractivity contribution in [3.05, 3.63) is 0 Å². The molecule has 3 N–H and O–H groups in total. The highest BCUT2D eigenvalue weighted by Crippen LogP contribution is 2.26. The molecule has 0 spiro atoms. The van der Waals surface area contributed by atoms with Gasteiger partial charge in [-0.15, -0.1) is 0 Å². The zero-order chi connectivity index (χ0) is 14.8. The van der Waals surface area contributed by atoms with Crippen LogP contribution in [0.25, 0.3) is 0 Å². The van der Waals surface area contributed by atoms with Crippen molar-refractivity contribution in [2.24, 2.45) is 0 Å². The summed E-state index contributed by atoms with van der Waals surface area (Å²) < 4.78 is 0. The summed E-state index contributed by atoms with van der Waals surface area (Å²) in [6.07, 6.45) is 9.21. The molecule has 20 heavy (non-hydrogen) atoms. The van der Waals surface area contributed by atoms with Crippen LogP contribution in [0.2, 0.25) is 0 Å². The van der Waals surface area contributed by atoms with E-state index in [2.05, 4.69) is 16.9 Å². The van der Waals surface area contributed by atoms with Crippen LogP contribution in [0.1, 0.15) is 51.4 Å². The van der Waals surface area contributed by atoms with Gasteiger partial charge in [0.1, 0.15) is 0 Å². The third-order valence-corrected chi connectivity index (χ3v) is 4.83. The number of carboxylic acids is 1. The molecule has 2 amide bonds. The fraction of sp³-hybridized carbons (Fsp3) is 0.857. The fourth-order valence-corrected chi connectivity index (χ4v) is 3.20. The number of carbonyl (C=O) groups excluding carboxylic acids is 1. The van der Waals surface area contributed by atoms with E-state index >= 15 is 0 Å². The number of amides is 2. The average Bonchev–Trinajstić information content (AvgIpc) is 2.43. The minimum atomic E-state index is -0.753. The first-order valence-electron chi connectivity index (χ1n) is 7.40. The van der Waals surface area contributed by atoms with Gasteiger partial charge in [0.15, 0.2) is 0 Å². The molecule has 0 aliphatic heterocycles. The number of urea groups is 1. The molecule has 0 saturated heterocycles. The first-order valence-corrected chi connectivity index (χ1v) is 8.69. The molecular weight excluding hydrogens is 276 g/mol. The summed E-state index contributed by atoms with van der Waals surface area (Å²) in [5.41, 5.74) is 0. The van der Waals surface area contributed by atoms with Gasteiger partial charge in [-0.1, -0.05) is 6.42 Å². The summed E-state index contributed by atoms with van der Waals surface area (Å²) in [6, 6.07) is 0.223. The lowest BCUT2D eigenvalue weighted by Gasteiger charge is -2.28. The molecule has 1 rings (SSSR count). The molecule has 0 aromatic carbocycles. The summed E-state index contributed by atoms with van der Waals surface area (Å²) in [4.78, 5) is 22.0. The Hall–Kier alpha value is -0.910. The fourth-order valence-electron chi connectivity index (χ4n) is 2.46. The number of unbranched alkanes of at least 4 members (excludes halogenated alkanes) is 2. The van der Waals surface area contributed by atoms with Gasteiger partial charge in [0.2, 0.25) is 0 Å². The van der Waals surface area contributed by atoms with E-state index in [1.807, 2.05) is 11.8 Å². The first-order chi connectivity index (χ1) is 9.61. The number of carboxylic acid groups (broad SMARTS) is 1. The Morgan fingerprint density at radius 1 is 1.15 bits per heavy atom. The van der Waals surface area contributed by atoms with Gasteiger partial charge in [-0.25, -0.2) is 4.79 Å². The first kappa shape index (κ1) is 17.1. The standard InChI is InChI=1S/C14H26N2O3S/c1-20-12-8-6-11(7-9-12)16-14(19)15-10-4-2-3-5-13(17)18/h11-12H,2-10H2,1H3,(H,17,18)(H2,15,16,19). The smallest absolute Gasteiger partial charge is 0.315 e. The topological polar surface area (TPSA) is 78.4 Å². The van der Waals surface area contributed by atoms with Crippen molar-refractivity contribution < 1.29 is 14.7 Å². The van der Waals surface area contributed by atoms with E-state index in [4.69, 9.17) is 5.11 Å². The van der Waals surface area contributed by atoms with Crippen LogP contribution in [0.5, 0.6) is 0 Å².